The molecule has 1 N–H and O–H groups in total. The first-order valence-corrected chi connectivity index (χ1v) is 8.39. The van der Waals surface area contributed by atoms with Gasteiger partial charge in [-0.1, -0.05) is 24.3 Å². The monoisotopic (exact) mass is 361 g/mol. The van der Waals surface area contributed by atoms with Crippen LogP contribution in [0.15, 0.2) is 41.3 Å². The van der Waals surface area contributed by atoms with Crippen LogP contribution in [0.3, 0.4) is 0 Å². The van der Waals surface area contributed by atoms with Gasteiger partial charge in [0.1, 0.15) is 5.82 Å². The number of anilines is 1. The summed E-state index contributed by atoms with van der Waals surface area (Å²) in [6, 6.07) is 10.3. The van der Waals surface area contributed by atoms with E-state index in [2.05, 4.69) is 14.6 Å². The van der Waals surface area contributed by atoms with Crippen LogP contribution in [0.2, 0.25) is 0 Å². The van der Waals surface area contributed by atoms with Gasteiger partial charge < -0.3 is 5.32 Å². The maximum atomic E-state index is 14.0. The molecule has 0 aliphatic heterocycles. The van der Waals surface area contributed by atoms with Crippen molar-refractivity contribution in [2.24, 2.45) is 0 Å². The summed E-state index contributed by atoms with van der Waals surface area (Å²) in [5, 5.41) is 3.98. The normalized spacial score (nSPS) is 11.6. The number of hydrogen-bond donors (Lipinski definition) is 1. The Morgan fingerprint density at radius 1 is 1.13 bits per heavy atom. The van der Waals surface area contributed by atoms with Gasteiger partial charge in [-0.15, -0.1) is 21.0 Å². The van der Waals surface area contributed by atoms with E-state index in [0.29, 0.717) is 28.8 Å². The van der Waals surface area contributed by atoms with E-state index in [4.69, 9.17) is 0 Å². The first kappa shape index (κ1) is 18.1. The second-order valence-electron chi connectivity index (χ2n) is 5.10. The molecule has 2 aromatic carbocycles. The van der Waals surface area contributed by atoms with Crippen LogP contribution >= 0.6 is 21.0 Å². The predicted molar refractivity (Wildman–Crippen MR) is 91.0 cm³/mol. The molecule has 0 amide bonds. The van der Waals surface area contributed by atoms with Crippen molar-refractivity contribution in [2.75, 3.05) is 11.1 Å². The topological polar surface area (TPSA) is 12.0 Å². The van der Waals surface area contributed by atoms with Gasteiger partial charge in [-0.2, -0.15) is 13.2 Å². The maximum absolute atomic E-state index is 14.0. The van der Waals surface area contributed by atoms with Gasteiger partial charge in [0, 0.05) is 11.4 Å². The van der Waals surface area contributed by atoms with Crippen LogP contribution in [0.4, 0.5) is 23.2 Å². The summed E-state index contributed by atoms with van der Waals surface area (Å²) < 4.78 is 51.0. The lowest BCUT2D eigenvalue weighted by Crippen LogP contribution is -2.11. The summed E-state index contributed by atoms with van der Waals surface area (Å²) in [6.45, 7) is 2.00. The van der Waals surface area contributed by atoms with Crippen molar-refractivity contribution in [3.05, 3.63) is 53.3 Å². The number of nitrogens with one attached hydrogen (secondary N) is 1. The Balaban J connectivity index is 2.10. The zero-order valence-electron chi connectivity index (χ0n) is 12.4. The van der Waals surface area contributed by atoms with Crippen LogP contribution in [-0.4, -0.2) is 11.9 Å². The Bertz CT molecular complexity index is 671. The molecule has 7 heteroatoms. The van der Waals surface area contributed by atoms with Crippen molar-refractivity contribution in [2.45, 2.75) is 24.5 Å². The molecule has 2 rings (SSSR count). The van der Waals surface area contributed by atoms with Crippen molar-refractivity contribution < 1.29 is 17.6 Å². The van der Waals surface area contributed by atoms with E-state index in [9.17, 15) is 17.6 Å². The van der Waals surface area contributed by atoms with Crippen LogP contribution in [0.1, 0.15) is 11.1 Å². The molecule has 23 heavy (non-hydrogen) atoms. The molecule has 1 nitrogen and oxygen atoms in total. The van der Waals surface area contributed by atoms with Crippen molar-refractivity contribution >= 4 is 32.0 Å². The van der Waals surface area contributed by atoms with Gasteiger partial charge in [0.05, 0.1) is 11.4 Å². The number of halogens is 4. The molecule has 0 saturated carbocycles. The van der Waals surface area contributed by atoms with Gasteiger partial charge in [0.25, 0.3) is 0 Å². The molecular weight excluding hydrogens is 345 g/mol. The van der Waals surface area contributed by atoms with Gasteiger partial charge in [-0.25, -0.2) is 4.39 Å². The zero-order chi connectivity index (χ0) is 17.0. The lowest BCUT2D eigenvalue weighted by atomic mass is 10.2. The van der Waals surface area contributed by atoms with Gasteiger partial charge >= 0.3 is 6.18 Å². The minimum absolute atomic E-state index is 0.204. The fraction of sp³-hybridized carbons (Fsp3) is 0.250. The Morgan fingerprint density at radius 2 is 1.78 bits per heavy atom. The molecule has 2 aromatic rings. The molecule has 124 valence electrons. The fourth-order valence-electron chi connectivity index (χ4n) is 1.94. The van der Waals surface area contributed by atoms with Crippen LogP contribution < -0.4 is 10.6 Å². The molecule has 1 atom stereocenters. The minimum Gasteiger partial charge on any atom is -0.379 e. The lowest BCUT2D eigenvalue weighted by molar-refractivity contribution is -0.105. The molecule has 0 heterocycles. The molecular formula is C16H16F4NPS. The van der Waals surface area contributed by atoms with Crippen molar-refractivity contribution in [1.29, 1.82) is 0 Å². The lowest BCUT2D eigenvalue weighted by Gasteiger charge is -2.13. The number of alkyl halides is 3. The number of rotatable bonds is 5. The van der Waals surface area contributed by atoms with Crippen LogP contribution in [0.25, 0.3) is 0 Å². The Kier molecular flexibility index (Phi) is 5.93. The van der Waals surface area contributed by atoms with E-state index < -0.39 is 17.7 Å². The highest BCUT2D eigenvalue weighted by atomic mass is 32.2. The first-order chi connectivity index (χ1) is 10.7. The Labute approximate surface area is 139 Å². The average molecular weight is 361 g/mol. The average Bonchev–Trinajstić information content (AvgIpc) is 2.46. The van der Waals surface area contributed by atoms with Crippen molar-refractivity contribution in [3.63, 3.8) is 0 Å². The number of thioether (sulfide) groups is 1. The standard InChI is InChI=1S/C16H16F4NPS/c1-10-6-13(17)14(7-15(10)23-9-16(18,19)20)21-8-11-2-4-12(22)5-3-11/h2-7,21H,8-9,22H2,1H3. The third kappa shape index (κ3) is 5.70. The Hall–Kier alpha value is -1.26. The highest BCUT2D eigenvalue weighted by Crippen LogP contribution is 2.32. The van der Waals surface area contributed by atoms with Crippen molar-refractivity contribution in [1.82, 2.24) is 0 Å². The van der Waals surface area contributed by atoms with E-state index in [1.807, 2.05) is 24.3 Å². The van der Waals surface area contributed by atoms with Gasteiger partial charge in [-0.3, -0.25) is 0 Å². The SMILES string of the molecule is Cc1cc(F)c(NCc2ccc(P)cc2)cc1SCC(F)(F)F. The molecule has 0 radical (unpaired) electrons. The molecule has 0 spiro atoms. The third-order valence-electron chi connectivity index (χ3n) is 3.12. The van der Waals surface area contributed by atoms with E-state index in [-0.39, 0.29) is 5.69 Å². The van der Waals surface area contributed by atoms with Crippen LogP contribution in [0.5, 0.6) is 0 Å². The summed E-state index contributed by atoms with van der Waals surface area (Å²) in [7, 11) is 2.58. The number of aryl methyl sites for hydroxylation is 1. The fourth-order valence-corrected chi connectivity index (χ4v) is 2.94. The molecule has 0 fully saturated rings. The maximum Gasteiger partial charge on any atom is 0.398 e. The summed E-state index contributed by atoms with van der Waals surface area (Å²) in [4.78, 5) is 0.423. The largest absolute Gasteiger partial charge is 0.398 e. The van der Waals surface area contributed by atoms with E-state index >= 15 is 0 Å². The second kappa shape index (κ2) is 7.54. The smallest absolute Gasteiger partial charge is 0.379 e. The quantitative estimate of drug-likeness (QED) is 0.462. The van der Waals surface area contributed by atoms with E-state index in [0.717, 1.165) is 10.9 Å². The molecule has 1 unspecified atom stereocenters. The second-order valence-corrected chi connectivity index (χ2v) is 6.78. The van der Waals surface area contributed by atoms with E-state index in [1.165, 1.54) is 12.1 Å². The van der Waals surface area contributed by atoms with Gasteiger partial charge in [0.15, 0.2) is 0 Å². The molecule has 0 aromatic heterocycles. The van der Waals surface area contributed by atoms with Gasteiger partial charge in [0.2, 0.25) is 0 Å². The summed E-state index contributed by atoms with van der Waals surface area (Å²) in [5.41, 5.74) is 1.66. The minimum atomic E-state index is -4.25. The molecule has 0 saturated heterocycles. The molecule has 0 aliphatic carbocycles. The third-order valence-corrected chi connectivity index (χ3v) is 4.73. The zero-order valence-corrected chi connectivity index (χ0v) is 14.3. The number of benzene rings is 2. The Morgan fingerprint density at radius 3 is 2.39 bits per heavy atom. The van der Waals surface area contributed by atoms with Crippen LogP contribution in [-0.2, 0) is 6.54 Å². The summed E-state index contributed by atoms with van der Waals surface area (Å²) in [6.07, 6.45) is -4.25. The molecule has 0 aliphatic rings. The molecule has 0 bridgehead atoms. The number of hydrogen-bond acceptors (Lipinski definition) is 2. The highest BCUT2D eigenvalue weighted by Gasteiger charge is 2.27. The summed E-state index contributed by atoms with van der Waals surface area (Å²) in [5.74, 6) is -1.46. The predicted octanol–water partition coefficient (Wildman–Crippen LogP) is 4.90. The summed E-state index contributed by atoms with van der Waals surface area (Å²) >= 11 is 0.666. The van der Waals surface area contributed by atoms with Crippen LogP contribution in [0, 0.1) is 12.7 Å². The van der Waals surface area contributed by atoms with Gasteiger partial charge in [-0.05, 0) is 35.5 Å². The van der Waals surface area contributed by atoms with Crippen molar-refractivity contribution in [3.8, 4) is 0 Å². The highest BCUT2D eigenvalue weighted by molar-refractivity contribution is 7.99. The first-order valence-electron chi connectivity index (χ1n) is 6.82. The van der Waals surface area contributed by atoms with E-state index in [1.54, 1.807) is 6.92 Å².